The third kappa shape index (κ3) is 7.40. The molecule has 1 atom stereocenters. The standard InChI is InChI=1S/C4H9Cl.C4H6N2/c1-3-4(2)5;1-6-3-2-5-4-6/h4H,3H2,1-2H3;2-4H,1H3. The van der Waals surface area contributed by atoms with Crippen molar-refractivity contribution in [3.05, 3.63) is 18.7 Å². The number of imidazole rings is 1. The lowest BCUT2D eigenvalue weighted by molar-refractivity contribution is 0.895. The van der Waals surface area contributed by atoms with Crippen LogP contribution in [0.1, 0.15) is 20.3 Å². The van der Waals surface area contributed by atoms with E-state index in [2.05, 4.69) is 11.9 Å². The summed E-state index contributed by atoms with van der Waals surface area (Å²) in [6.07, 6.45) is 6.46. The fourth-order valence-corrected chi connectivity index (χ4v) is 0.326. The van der Waals surface area contributed by atoms with Crippen molar-refractivity contribution in [3.63, 3.8) is 0 Å². The van der Waals surface area contributed by atoms with Gasteiger partial charge in [0, 0.05) is 24.8 Å². The van der Waals surface area contributed by atoms with Gasteiger partial charge in [0.1, 0.15) is 0 Å². The lowest BCUT2D eigenvalue weighted by atomic mass is 10.4. The van der Waals surface area contributed by atoms with Gasteiger partial charge in [0.15, 0.2) is 0 Å². The first-order valence-corrected chi connectivity index (χ1v) is 4.16. The van der Waals surface area contributed by atoms with E-state index in [1.165, 1.54) is 0 Å². The van der Waals surface area contributed by atoms with E-state index in [-0.39, 0.29) is 0 Å². The average molecular weight is 175 g/mol. The summed E-state index contributed by atoms with van der Waals surface area (Å²) in [5.41, 5.74) is 0. The van der Waals surface area contributed by atoms with E-state index in [0.29, 0.717) is 5.38 Å². The Morgan fingerprint density at radius 1 is 1.64 bits per heavy atom. The van der Waals surface area contributed by atoms with Gasteiger partial charge in [0.25, 0.3) is 0 Å². The number of hydrogen-bond donors (Lipinski definition) is 0. The zero-order chi connectivity index (χ0) is 8.69. The smallest absolute Gasteiger partial charge is 0.0943 e. The Morgan fingerprint density at radius 2 is 2.18 bits per heavy atom. The van der Waals surface area contributed by atoms with E-state index in [9.17, 15) is 0 Å². The van der Waals surface area contributed by atoms with Crippen molar-refractivity contribution in [1.29, 1.82) is 0 Å². The fraction of sp³-hybridized carbons (Fsp3) is 0.625. The molecule has 64 valence electrons. The quantitative estimate of drug-likeness (QED) is 0.598. The maximum atomic E-state index is 5.46. The maximum absolute atomic E-state index is 5.46. The molecule has 0 amide bonds. The van der Waals surface area contributed by atoms with Crippen LogP contribution in [0.25, 0.3) is 0 Å². The van der Waals surface area contributed by atoms with Crippen LogP contribution >= 0.6 is 11.6 Å². The minimum Gasteiger partial charge on any atom is -0.341 e. The summed E-state index contributed by atoms with van der Waals surface area (Å²) in [6, 6.07) is 0. The Bertz CT molecular complexity index is 159. The van der Waals surface area contributed by atoms with Gasteiger partial charge in [-0.05, 0) is 13.3 Å². The number of alkyl halides is 1. The van der Waals surface area contributed by atoms with Crippen molar-refractivity contribution in [2.75, 3.05) is 0 Å². The van der Waals surface area contributed by atoms with Gasteiger partial charge in [-0.25, -0.2) is 4.98 Å². The summed E-state index contributed by atoms with van der Waals surface area (Å²) in [5.74, 6) is 0. The van der Waals surface area contributed by atoms with Crippen LogP contribution in [-0.2, 0) is 7.05 Å². The van der Waals surface area contributed by atoms with Crippen LogP contribution in [0, 0.1) is 0 Å². The van der Waals surface area contributed by atoms with E-state index in [4.69, 9.17) is 11.6 Å². The molecule has 0 aliphatic carbocycles. The highest BCUT2D eigenvalue weighted by Crippen LogP contribution is 1.95. The SMILES string of the molecule is CCC(C)Cl.Cn1ccnc1. The zero-order valence-corrected chi connectivity index (χ0v) is 8.04. The van der Waals surface area contributed by atoms with Crippen LogP contribution < -0.4 is 0 Å². The summed E-state index contributed by atoms with van der Waals surface area (Å²) in [4.78, 5) is 3.78. The Morgan fingerprint density at radius 3 is 2.27 bits per heavy atom. The second kappa shape index (κ2) is 6.23. The summed E-state index contributed by atoms with van der Waals surface area (Å²) < 4.78 is 1.89. The van der Waals surface area contributed by atoms with Crippen LogP contribution in [0.5, 0.6) is 0 Å². The van der Waals surface area contributed by atoms with E-state index in [0.717, 1.165) is 6.42 Å². The van der Waals surface area contributed by atoms with E-state index in [1.807, 2.05) is 24.7 Å². The summed E-state index contributed by atoms with van der Waals surface area (Å²) in [7, 11) is 1.94. The van der Waals surface area contributed by atoms with Crippen molar-refractivity contribution in [3.8, 4) is 0 Å². The molecule has 1 aromatic heterocycles. The number of aromatic nitrogens is 2. The minimum atomic E-state index is 0.356. The van der Waals surface area contributed by atoms with Gasteiger partial charge in [0.05, 0.1) is 6.33 Å². The van der Waals surface area contributed by atoms with Gasteiger partial charge in [-0.2, -0.15) is 0 Å². The Labute approximate surface area is 73.2 Å². The molecule has 0 N–H and O–H groups in total. The predicted octanol–water partition coefficient (Wildman–Crippen LogP) is 2.44. The molecular formula is C8H15ClN2. The maximum Gasteiger partial charge on any atom is 0.0943 e. The lowest BCUT2D eigenvalue weighted by Gasteiger charge is -1.87. The van der Waals surface area contributed by atoms with E-state index < -0.39 is 0 Å². The molecule has 11 heavy (non-hydrogen) atoms. The highest BCUT2D eigenvalue weighted by Gasteiger charge is 1.83. The third-order valence-electron chi connectivity index (χ3n) is 1.20. The summed E-state index contributed by atoms with van der Waals surface area (Å²) in [5, 5.41) is 0.356. The Hall–Kier alpha value is -0.500. The van der Waals surface area contributed by atoms with E-state index in [1.54, 1.807) is 12.5 Å². The molecule has 0 radical (unpaired) electrons. The molecule has 1 rings (SSSR count). The molecule has 0 saturated carbocycles. The molecule has 0 aliphatic heterocycles. The molecule has 0 saturated heterocycles. The first kappa shape index (κ1) is 10.5. The van der Waals surface area contributed by atoms with Gasteiger partial charge in [-0.15, -0.1) is 11.6 Å². The molecule has 0 aliphatic rings. The molecule has 1 heterocycles. The highest BCUT2D eigenvalue weighted by molar-refractivity contribution is 6.20. The molecule has 0 spiro atoms. The van der Waals surface area contributed by atoms with Gasteiger partial charge in [0.2, 0.25) is 0 Å². The first-order valence-electron chi connectivity index (χ1n) is 3.72. The topological polar surface area (TPSA) is 17.8 Å². The number of halogens is 1. The molecule has 2 nitrogen and oxygen atoms in total. The monoisotopic (exact) mass is 174 g/mol. The van der Waals surface area contributed by atoms with Crippen LogP contribution in [0.4, 0.5) is 0 Å². The van der Waals surface area contributed by atoms with Gasteiger partial charge in [-0.1, -0.05) is 6.92 Å². The van der Waals surface area contributed by atoms with Crippen molar-refractivity contribution >= 4 is 11.6 Å². The number of hydrogen-bond acceptors (Lipinski definition) is 1. The summed E-state index contributed by atoms with van der Waals surface area (Å²) in [6.45, 7) is 4.05. The van der Waals surface area contributed by atoms with Crippen LogP contribution in [-0.4, -0.2) is 14.9 Å². The Kier molecular flexibility index (Phi) is 5.94. The molecular weight excluding hydrogens is 160 g/mol. The predicted molar refractivity (Wildman–Crippen MR) is 48.8 cm³/mol. The van der Waals surface area contributed by atoms with Crippen molar-refractivity contribution in [1.82, 2.24) is 9.55 Å². The molecule has 0 fully saturated rings. The number of aryl methyl sites for hydroxylation is 1. The highest BCUT2D eigenvalue weighted by atomic mass is 35.5. The normalized spacial score (nSPS) is 11.6. The molecule has 0 bridgehead atoms. The van der Waals surface area contributed by atoms with Gasteiger partial charge < -0.3 is 4.57 Å². The fourth-order valence-electron chi connectivity index (χ4n) is 0.326. The van der Waals surface area contributed by atoms with Gasteiger partial charge >= 0.3 is 0 Å². The van der Waals surface area contributed by atoms with Crippen molar-refractivity contribution in [2.24, 2.45) is 7.05 Å². The molecule has 1 unspecified atom stereocenters. The second-order valence-corrected chi connectivity index (χ2v) is 3.16. The van der Waals surface area contributed by atoms with Crippen LogP contribution in [0.3, 0.4) is 0 Å². The van der Waals surface area contributed by atoms with Gasteiger partial charge in [-0.3, -0.25) is 0 Å². The molecule has 1 aromatic rings. The lowest BCUT2D eigenvalue weighted by Crippen LogP contribution is -1.81. The summed E-state index contributed by atoms with van der Waals surface area (Å²) >= 11 is 5.46. The van der Waals surface area contributed by atoms with Crippen LogP contribution in [0.2, 0.25) is 0 Å². The van der Waals surface area contributed by atoms with Crippen molar-refractivity contribution in [2.45, 2.75) is 25.6 Å². The Balaban J connectivity index is 0.000000187. The number of rotatable bonds is 1. The van der Waals surface area contributed by atoms with Crippen molar-refractivity contribution < 1.29 is 0 Å². The average Bonchev–Trinajstić information content (AvgIpc) is 2.41. The zero-order valence-electron chi connectivity index (χ0n) is 7.29. The second-order valence-electron chi connectivity index (χ2n) is 2.42. The third-order valence-corrected chi connectivity index (χ3v) is 1.51. The largest absolute Gasteiger partial charge is 0.341 e. The van der Waals surface area contributed by atoms with E-state index >= 15 is 0 Å². The number of nitrogens with zero attached hydrogens (tertiary/aromatic N) is 2. The first-order chi connectivity index (χ1) is 5.16. The molecule has 0 aromatic carbocycles. The molecule has 3 heteroatoms. The van der Waals surface area contributed by atoms with Crippen LogP contribution in [0.15, 0.2) is 18.7 Å². The minimum absolute atomic E-state index is 0.356.